The molecule has 0 radical (unpaired) electrons. The molecule has 1 unspecified atom stereocenters. The van der Waals surface area contributed by atoms with Gasteiger partial charge in [0.25, 0.3) is 0 Å². The maximum Gasteiger partial charge on any atom is 0.0635 e. The van der Waals surface area contributed by atoms with Crippen LogP contribution >= 0.6 is 23.2 Å². The zero-order valence-corrected chi connectivity index (χ0v) is 12.4. The van der Waals surface area contributed by atoms with E-state index < -0.39 is 6.10 Å². The smallest absolute Gasteiger partial charge is 0.0635 e. The zero-order valence-electron chi connectivity index (χ0n) is 10.9. The first-order chi connectivity index (χ1) is 8.95. The molecule has 1 atom stereocenters. The molecular weight excluding hydrogens is 283 g/mol. The second kappa shape index (κ2) is 5.95. The number of aromatic nitrogens is 2. The van der Waals surface area contributed by atoms with Crippen molar-refractivity contribution in [3.63, 3.8) is 0 Å². The van der Waals surface area contributed by atoms with Crippen molar-refractivity contribution in [3.05, 3.63) is 51.3 Å². The van der Waals surface area contributed by atoms with Crippen LogP contribution in [0.4, 0.5) is 0 Å². The predicted octanol–water partition coefficient (Wildman–Crippen LogP) is 3.18. The lowest BCUT2D eigenvalue weighted by atomic mass is 10.0. The molecule has 0 fully saturated rings. The number of benzene rings is 1. The first-order valence-corrected chi connectivity index (χ1v) is 6.83. The van der Waals surface area contributed by atoms with Crippen molar-refractivity contribution in [2.45, 2.75) is 25.9 Å². The number of aryl methyl sites for hydroxylation is 2. The summed E-state index contributed by atoms with van der Waals surface area (Å²) in [5.74, 6) is 0. The first-order valence-electron chi connectivity index (χ1n) is 6.07. The SMILES string of the molecule is Cc1cc(CC(O)Cc2ccc(Cl)c(Cl)c2)n(C)n1. The predicted molar refractivity (Wildman–Crippen MR) is 77.8 cm³/mol. The van der Waals surface area contributed by atoms with Crippen LogP contribution in [0.1, 0.15) is 17.0 Å². The first kappa shape index (κ1) is 14.4. The molecule has 0 aliphatic rings. The van der Waals surface area contributed by atoms with E-state index in [2.05, 4.69) is 5.10 Å². The summed E-state index contributed by atoms with van der Waals surface area (Å²) < 4.78 is 1.80. The van der Waals surface area contributed by atoms with Crippen LogP contribution in [-0.4, -0.2) is 21.0 Å². The molecular formula is C14H16Cl2N2O. The summed E-state index contributed by atoms with van der Waals surface area (Å²) in [5.41, 5.74) is 2.95. The second-order valence-corrected chi connectivity index (χ2v) is 5.53. The van der Waals surface area contributed by atoms with Gasteiger partial charge in [0, 0.05) is 19.2 Å². The highest BCUT2D eigenvalue weighted by Gasteiger charge is 2.11. The van der Waals surface area contributed by atoms with E-state index >= 15 is 0 Å². The van der Waals surface area contributed by atoms with E-state index in [-0.39, 0.29) is 0 Å². The number of aliphatic hydroxyl groups excluding tert-OH is 1. The van der Waals surface area contributed by atoms with Crippen molar-refractivity contribution < 1.29 is 5.11 Å². The van der Waals surface area contributed by atoms with Crippen molar-refractivity contribution >= 4 is 23.2 Å². The molecule has 1 heterocycles. The zero-order chi connectivity index (χ0) is 14.0. The fourth-order valence-electron chi connectivity index (χ4n) is 2.11. The topological polar surface area (TPSA) is 38.0 Å². The lowest BCUT2D eigenvalue weighted by Gasteiger charge is -2.11. The van der Waals surface area contributed by atoms with E-state index in [1.54, 1.807) is 16.8 Å². The Morgan fingerprint density at radius 3 is 2.53 bits per heavy atom. The summed E-state index contributed by atoms with van der Waals surface area (Å²) in [7, 11) is 1.88. The van der Waals surface area contributed by atoms with E-state index in [1.807, 2.05) is 26.1 Å². The Morgan fingerprint density at radius 2 is 1.95 bits per heavy atom. The van der Waals surface area contributed by atoms with Gasteiger partial charge in [0.15, 0.2) is 0 Å². The number of halogens is 2. The van der Waals surface area contributed by atoms with E-state index in [0.29, 0.717) is 22.9 Å². The van der Waals surface area contributed by atoms with Gasteiger partial charge >= 0.3 is 0 Å². The fraction of sp³-hybridized carbons (Fsp3) is 0.357. The highest BCUT2D eigenvalue weighted by atomic mass is 35.5. The van der Waals surface area contributed by atoms with Gasteiger partial charge in [-0.1, -0.05) is 29.3 Å². The third kappa shape index (κ3) is 3.72. The van der Waals surface area contributed by atoms with Crippen LogP contribution in [0.5, 0.6) is 0 Å². The molecule has 0 saturated heterocycles. The molecule has 1 aromatic carbocycles. The Morgan fingerprint density at radius 1 is 1.21 bits per heavy atom. The molecule has 2 rings (SSSR count). The van der Waals surface area contributed by atoms with Crippen LogP contribution in [0.15, 0.2) is 24.3 Å². The van der Waals surface area contributed by atoms with Crippen molar-refractivity contribution in [3.8, 4) is 0 Å². The highest BCUT2D eigenvalue weighted by molar-refractivity contribution is 6.42. The Labute approximate surface area is 122 Å². The molecule has 102 valence electrons. The van der Waals surface area contributed by atoms with Crippen LogP contribution < -0.4 is 0 Å². The number of hydrogen-bond acceptors (Lipinski definition) is 2. The van der Waals surface area contributed by atoms with Crippen molar-refractivity contribution in [1.29, 1.82) is 0 Å². The van der Waals surface area contributed by atoms with E-state index in [1.165, 1.54) is 0 Å². The molecule has 0 spiro atoms. The molecule has 2 aromatic rings. The minimum Gasteiger partial charge on any atom is -0.392 e. The third-order valence-corrected chi connectivity index (χ3v) is 3.74. The van der Waals surface area contributed by atoms with Crippen LogP contribution in [0, 0.1) is 6.92 Å². The Balaban J connectivity index is 2.03. The summed E-state index contributed by atoms with van der Waals surface area (Å²) in [6, 6.07) is 7.41. The summed E-state index contributed by atoms with van der Waals surface area (Å²) in [6.45, 7) is 1.94. The van der Waals surface area contributed by atoms with Gasteiger partial charge in [-0.3, -0.25) is 4.68 Å². The van der Waals surface area contributed by atoms with E-state index in [9.17, 15) is 5.11 Å². The maximum absolute atomic E-state index is 10.1. The average molecular weight is 299 g/mol. The lowest BCUT2D eigenvalue weighted by molar-refractivity contribution is 0.173. The molecule has 1 aromatic heterocycles. The molecule has 0 saturated carbocycles. The molecule has 1 N–H and O–H groups in total. The molecule has 0 aliphatic carbocycles. The van der Waals surface area contributed by atoms with E-state index in [0.717, 1.165) is 17.0 Å². The van der Waals surface area contributed by atoms with Gasteiger partial charge in [-0.05, 0) is 37.1 Å². The number of nitrogens with zero attached hydrogens (tertiary/aromatic N) is 2. The summed E-state index contributed by atoms with van der Waals surface area (Å²) in [4.78, 5) is 0. The van der Waals surface area contributed by atoms with Gasteiger partial charge in [-0.25, -0.2) is 0 Å². The van der Waals surface area contributed by atoms with Gasteiger partial charge in [-0.15, -0.1) is 0 Å². The van der Waals surface area contributed by atoms with Gasteiger partial charge in [0.1, 0.15) is 0 Å². The van der Waals surface area contributed by atoms with Gasteiger partial charge in [-0.2, -0.15) is 5.10 Å². The maximum atomic E-state index is 10.1. The van der Waals surface area contributed by atoms with Gasteiger partial charge < -0.3 is 5.11 Å². The average Bonchev–Trinajstić information content (AvgIpc) is 2.62. The molecule has 19 heavy (non-hydrogen) atoms. The van der Waals surface area contributed by atoms with E-state index in [4.69, 9.17) is 23.2 Å². The Bertz CT molecular complexity index is 581. The molecule has 3 nitrogen and oxygen atoms in total. The van der Waals surface area contributed by atoms with Crippen LogP contribution in [0.2, 0.25) is 10.0 Å². The summed E-state index contributed by atoms with van der Waals surface area (Å²) in [6.07, 6.45) is 0.644. The normalized spacial score (nSPS) is 12.7. The highest BCUT2D eigenvalue weighted by Crippen LogP contribution is 2.23. The quantitative estimate of drug-likeness (QED) is 0.941. The minimum atomic E-state index is -0.466. The van der Waals surface area contributed by atoms with Crippen molar-refractivity contribution in [1.82, 2.24) is 9.78 Å². The summed E-state index contributed by atoms with van der Waals surface area (Å²) >= 11 is 11.8. The third-order valence-electron chi connectivity index (χ3n) is 3.00. The molecule has 0 amide bonds. The van der Waals surface area contributed by atoms with Crippen LogP contribution in [0.3, 0.4) is 0 Å². The van der Waals surface area contributed by atoms with Crippen LogP contribution in [-0.2, 0) is 19.9 Å². The largest absolute Gasteiger partial charge is 0.392 e. The fourth-order valence-corrected chi connectivity index (χ4v) is 2.43. The summed E-state index contributed by atoms with van der Waals surface area (Å²) in [5, 5.41) is 15.4. The Hall–Kier alpha value is -1.03. The number of hydrogen-bond donors (Lipinski definition) is 1. The monoisotopic (exact) mass is 298 g/mol. The number of aliphatic hydroxyl groups is 1. The van der Waals surface area contributed by atoms with Gasteiger partial charge in [0.2, 0.25) is 0 Å². The standard InChI is InChI=1S/C14H16Cl2N2O/c1-9-5-11(18(2)17-9)8-12(19)6-10-3-4-13(15)14(16)7-10/h3-5,7,12,19H,6,8H2,1-2H3. The Kier molecular flexibility index (Phi) is 4.50. The molecule has 0 bridgehead atoms. The number of rotatable bonds is 4. The molecule has 0 aliphatic heterocycles. The second-order valence-electron chi connectivity index (χ2n) is 4.71. The molecule has 5 heteroatoms. The van der Waals surface area contributed by atoms with Crippen LogP contribution in [0.25, 0.3) is 0 Å². The van der Waals surface area contributed by atoms with Gasteiger partial charge in [0.05, 0.1) is 21.8 Å². The lowest BCUT2D eigenvalue weighted by Crippen LogP contribution is -2.16. The van der Waals surface area contributed by atoms with Crippen molar-refractivity contribution in [2.75, 3.05) is 0 Å². The van der Waals surface area contributed by atoms with Crippen molar-refractivity contribution in [2.24, 2.45) is 7.05 Å². The minimum absolute atomic E-state index is 0.466.